The third-order valence-electron chi connectivity index (χ3n) is 6.17. The van der Waals surface area contributed by atoms with Crippen molar-refractivity contribution < 1.29 is 13.2 Å². The van der Waals surface area contributed by atoms with E-state index >= 15 is 0 Å². The second kappa shape index (κ2) is 7.73. The van der Waals surface area contributed by atoms with Crippen LogP contribution in [0.25, 0.3) is 0 Å². The molecule has 0 bridgehead atoms. The molecule has 2 heterocycles. The zero-order chi connectivity index (χ0) is 17.2. The van der Waals surface area contributed by atoms with Crippen molar-refractivity contribution in [2.24, 2.45) is 0 Å². The molecule has 3 aliphatic rings. The molecule has 0 unspecified atom stereocenters. The molecule has 6 heteroatoms. The first-order valence-electron chi connectivity index (χ1n) is 9.76. The van der Waals surface area contributed by atoms with Crippen molar-refractivity contribution in [1.82, 2.24) is 9.80 Å². The minimum Gasteiger partial charge on any atom is -0.335 e. The van der Waals surface area contributed by atoms with Gasteiger partial charge in [-0.1, -0.05) is 26.2 Å². The maximum atomic E-state index is 13.1. The lowest BCUT2D eigenvalue weighted by molar-refractivity contribution is -0.137. The molecule has 1 aliphatic carbocycles. The Bertz CT molecular complexity index is 542. The van der Waals surface area contributed by atoms with Crippen molar-refractivity contribution in [2.75, 3.05) is 24.6 Å². The number of likely N-dealkylation sites (tertiary alicyclic amines) is 1. The van der Waals surface area contributed by atoms with E-state index in [-0.39, 0.29) is 29.5 Å². The van der Waals surface area contributed by atoms with Crippen LogP contribution in [0.2, 0.25) is 0 Å². The van der Waals surface area contributed by atoms with E-state index in [4.69, 9.17) is 0 Å². The van der Waals surface area contributed by atoms with Crippen molar-refractivity contribution in [3.05, 3.63) is 0 Å². The van der Waals surface area contributed by atoms with Gasteiger partial charge in [0.05, 0.1) is 18.1 Å². The highest BCUT2D eigenvalue weighted by atomic mass is 32.2. The van der Waals surface area contributed by atoms with Gasteiger partial charge in [0, 0.05) is 18.1 Å². The summed E-state index contributed by atoms with van der Waals surface area (Å²) in [4.78, 5) is 17.5. The smallest absolute Gasteiger partial charge is 0.237 e. The molecule has 0 aromatic heterocycles. The Balaban J connectivity index is 1.71. The minimum absolute atomic E-state index is 0.0875. The molecular formula is C18H32N2O3S. The Labute approximate surface area is 146 Å². The number of nitrogens with zero attached hydrogens (tertiary/aromatic N) is 2. The number of hydrogen-bond donors (Lipinski definition) is 0. The molecule has 0 aromatic carbocycles. The fourth-order valence-electron chi connectivity index (χ4n) is 4.87. The average molecular weight is 357 g/mol. The summed E-state index contributed by atoms with van der Waals surface area (Å²) in [6, 6.07) is 0.691. The van der Waals surface area contributed by atoms with Crippen LogP contribution in [-0.4, -0.2) is 66.8 Å². The largest absolute Gasteiger partial charge is 0.335 e. The Morgan fingerprint density at radius 3 is 2.38 bits per heavy atom. The fourth-order valence-corrected chi connectivity index (χ4v) is 6.58. The van der Waals surface area contributed by atoms with Gasteiger partial charge in [-0.25, -0.2) is 8.42 Å². The quantitative estimate of drug-likeness (QED) is 0.758. The zero-order valence-corrected chi connectivity index (χ0v) is 15.8. The van der Waals surface area contributed by atoms with Gasteiger partial charge in [0.1, 0.15) is 0 Å². The summed E-state index contributed by atoms with van der Waals surface area (Å²) in [6.07, 6.45) is 9.74. The number of carbonyl (C=O) groups is 1. The highest BCUT2D eigenvalue weighted by Crippen LogP contribution is 2.30. The molecule has 3 fully saturated rings. The van der Waals surface area contributed by atoms with Crippen LogP contribution < -0.4 is 0 Å². The second-order valence-corrected chi connectivity index (χ2v) is 10.1. The van der Waals surface area contributed by atoms with Gasteiger partial charge >= 0.3 is 0 Å². The van der Waals surface area contributed by atoms with Crippen LogP contribution in [0.4, 0.5) is 0 Å². The summed E-state index contributed by atoms with van der Waals surface area (Å²) in [5.41, 5.74) is 0. The van der Waals surface area contributed by atoms with Crippen molar-refractivity contribution in [1.29, 1.82) is 0 Å². The number of sulfone groups is 1. The van der Waals surface area contributed by atoms with Gasteiger partial charge in [-0.15, -0.1) is 0 Å². The molecule has 3 rings (SSSR count). The number of piperidine rings is 1. The lowest BCUT2D eigenvalue weighted by atomic mass is 10.00. The molecule has 0 spiro atoms. The van der Waals surface area contributed by atoms with Crippen LogP contribution in [0.5, 0.6) is 0 Å². The van der Waals surface area contributed by atoms with Crippen molar-refractivity contribution in [2.45, 2.75) is 82.8 Å². The van der Waals surface area contributed by atoms with Gasteiger partial charge in [-0.2, -0.15) is 0 Å². The van der Waals surface area contributed by atoms with E-state index in [1.165, 1.54) is 19.3 Å². The van der Waals surface area contributed by atoms with Crippen molar-refractivity contribution in [3.63, 3.8) is 0 Å². The van der Waals surface area contributed by atoms with Crippen LogP contribution in [-0.2, 0) is 14.6 Å². The monoisotopic (exact) mass is 356 g/mol. The molecule has 0 aromatic rings. The Kier molecular flexibility index (Phi) is 5.85. The van der Waals surface area contributed by atoms with Crippen LogP contribution in [0.3, 0.4) is 0 Å². The molecule has 0 radical (unpaired) electrons. The summed E-state index contributed by atoms with van der Waals surface area (Å²) in [6.45, 7) is 3.68. The van der Waals surface area contributed by atoms with E-state index in [0.717, 1.165) is 38.6 Å². The van der Waals surface area contributed by atoms with Crippen molar-refractivity contribution >= 4 is 15.7 Å². The summed E-state index contributed by atoms with van der Waals surface area (Å²) >= 11 is 0. The number of rotatable bonds is 5. The Morgan fingerprint density at radius 1 is 1.04 bits per heavy atom. The van der Waals surface area contributed by atoms with Gasteiger partial charge in [0.15, 0.2) is 9.84 Å². The normalized spacial score (nSPS) is 31.4. The summed E-state index contributed by atoms with van der Waals surface area (Å²) in [5.74, 6) is 0.589. The van der Waals surface area contributed by atoms with E-state index in [1.54, 1.807) is 0 Å². The maximum Gasteiger partial charge on any atom is 0.237 e. The fraction of sp³-hybridized carbons (Fsp3) is 0.944. The summed E-state index contributed by atoms with van der Waals surface area (Å²) in [5, 5.41) is 0. The average Bonchev–Trinajstić information content (AvgIpc) is 3.18. The highest BCUT2D eigenvalue weighted by molar-refractivity contribution is 7.91. The lowest BCUT2D eigenvalue weighted by Crippen LogP contribution is -2.52. The first-order chi connectivity index (χ1) is 11.5. The van der Waals surface area contributed by atoms with Crippen LogP contribution in [0, 0.1) is 0 Å². The minimum atomic E-state index is -2.96. The molecule has 1 amide bonds. The number of hydrogen-bond acceptors (Lipinski definition) is 4. The predicted molar refractivity (Wildman–Crippen MR) is 95.7 cm³/mol. The summed E-state index contributed by atoms with van der Waals surface area (Å²) in [7, 11) is -2.96. The SMILES string of the molecule is CC[C@@H]1CCCCN1CC(=O)N(C1CCCC1)[C@@H]1CCS(=O)(=O)C1. The maximum absolute atomic E-state index is 13.1. The van der Waals surface area contributed by atoms with E-state index in [2.05, 4.69) is 11.8 Å². The number of amides is 1. The van der Waals surface area contributed by atoms with Crippen LogP contribution >= 0.6 is 0 Å². The van der Waals surface area contributed by atoms with E-state index in [9.17, 15) is 13.2 Å². The van der Waals surface area contributed by atoms with Gasteiger partial charge < -0.3 is 4.90 Å². The second-order valence-electron chi connectivity index (χ2n) is 7.82. The topological polar surface area (TPSA) is 57.7 Å². The molecule has 2 saturated heterocycles. The van der Waals surface area contributed by atoms with Crippen LogP contribution in [0.15, 0.2) is 0 Å². The first-order valence-corrected chi connectivity index (χ1v) is 11.6. The molecule has 0 N–H and O–H groups in total. The van der Waals surface area contributed by atoms with Gasteiger partial charge in [0.2, 0.25) is 5.91 Å². The molecule has 138 valence electrons. The van der Waals surface area contributed by atoms with Gasteiger partial charge in [-0.05, 0) is 45.1 Å². The third kappa shape index (κ3) is 4.13. The molecule has 24 heavy (non-hydrogen) atoms. The highest BCUT2D eigenvalue weighted by Gasteiger charge is 2.39. The molecule has 5 nitrogen and oxygen atoms in total. The predicted octanol–water partition coefficient (Wildman–Crippen LogP) is 2.21. The first kappa shape index (κ1) is 18.2. The number of carbonyl (C=O) groups excluding carboxylic acids is 1. The zero-order valence-electron chi connectivity index (χ0n) is 15.0. The van der Waals surface area contributed by atoms with Gasteiger partial charge in [-0.3, -0.25) is 9.69 Å². The van der Waals surface area contributed by atoms with Gasteiger partial charge in [0.25, 0.3) is 0 Å². The summed E-state index contributed by atoms with van der Waals surface area (Å²) < 4.78 is 23.8. The van der Waals surface area contributed by atoms with E-state index in [1.807, 2.05) is 4.90 Å². The van der Waals surface area contributed by atoms with Crippen LogP contribution in [0.1, 0.15) is 64.7 Å². The lowest BCUT2D eigenvalue weighted by Gasteiger charge is -2.39. The van der Waals surface area contributed by atoms with E-state index in [0.29, 0.717) is 19.0 Å². The van der Waals surface area contributed by atoms with Crippen molar-refractivity contribution in [3.8, 4) is 0 Å². The molecule has 1 saturated carbocycles. The molecule has 2 atom stereocenters. The Hall–Kier alpha value is -0.620. The van der Waals surface area contributed by atoms with E-state index < -0.39 is 9.84 Å². The molecular weight excluding hydrogens is 324 g/mol. The Morgan fingerprint density at radius 2 is 1.75 bits per heavy atom. The molecule has 2 aliphatic heterocycles. The third-order valence-corrected chi connectivity index (χ3v) is 7.92. The standard InChI is InChI=1S/C18H32N2O3S/c1-2-15-7-5-6-11-19(15)13-18(21)20(16-8-3-4-9-16)17-10-12-24(22,23)14-17/h15-17H,2-14H2,1H3/t15-,17-/m1/s1.